The number of amidine groups is 1. The lowest BCUT2D eigenvalue weighted by molar-refractivity contribution is 0.0641. The second-order valence-electron chi connectivity index (χ2n) is 6.38. The van der Waals surface area contributed by atoms with Crippen molar-refractivity contribution in [2.45, 2.75) is 48.5 Å². The van der Waals surface area contributed by atoms with Gasteiger partial charge >= 0.3 is 6.09 Å². The molecule has 0 saturated carbocycles. The van der Waals surface area contributed by atoms with E-state index in [0.717, 1.165) is 25.3 Å². The van der Waals surface area contributed by atoms with Crippen LogP contribution in [-0.2, 0) is 9.47 Å². The van der Waals surface area contributed by atoms with Gasteiger partial charge in [-0.1, -0.05) is 48.5 Å². The number of hydrogen-bond acceptors (Lipinski definition) is 3. The monoisotopic (exact) mass is 300 g/mol. The quantitative estimate of drug-likeness (QED) is 0.590. The van der Waals surface area contributed by atoms with E-state index in [4.69, 9.17) is 9.47 Å². The number of ether oxygens (including phenoxy) is 2. The van der Waals surface area contributed by atoms with E-state index in [-0.39, 0.29) is 12.8 Å². The minimum absolute atomic E-state index is 0. The molecule has 5 heteroatoms. The first-order valence-electron chi connectivity index (χ1n) is 7.43. The second kappa shape index (κ2) is 9.03. The fraction of sp³-hybridized carbons (Fsp3) is 0.875. The molecule has 0 N–H and O–H groups in total. The summed E-state index contributed by atoms with van der Waals surface area (Å²) in [7, 11) is 0. The van der Waals surface area contributed by atoms with Crippen molar-refractivity contribution in [3.8, 4) is 0 Å². The first-order valence-corrected chi connectivity index (χ1v) is 7.43. The standard InChI is InChI=1S/C15H28N2O3.CH4/c1-6-12(2)11-20-14(18)16-13(15(3,4)5)17-7-9-19-10-8-17;/h12H,6-11H2,1-5H3;1H4. The molecule has 0 spiro atoms. The Morgan fingerprint density at radius 2 is 1.90 bits per heavy atom. The van der Waals surface area contributed by atoms with Gasteiger partial charge in [-0.15, -0.1) is 0 Å². The molecule has 1 saturated heterocycles. The highest BCUT2D eigenvalue weighted by molar-refractivity contribution is 5.95. The van der Waals surface area contributed by atoms with Gasteiger partial charge in [-0.2, -0.15) is 4.99 Å². The predicted molar refractivity (Wildman–Crippen MR) is 86.8 cm³/mol. The van der Waals surface area contributed by atoms with Gasteiger partial charge in [0.05, 0.1) is 19.8 Å². The van der Waals surface area contributed by atoms with Crippen molar-refractivity contribution in [2.75, 3.05) is 32.9 Å². The van der Waals surface area contributed by atoms with Gasteiger partial charge in [0.2, 0.25) is 0 Å². The third-order valence-electron chi connectivity index (χ3n) is 3.37. The first-order chi connectivity index (χ1) is 9.34. The number of aliphatic imine (C=N–C) groups is 1. The van der Waals surface area contributed by atoms with Crippen molar-refractivity contribution in [2.24, 2.45) is 16.3 Å². The molecule has 1 aliphatic heterocycles. The summed E-state index contributed by atoms with van der Waals surface area (Å²) in [4.78, 5) is 18.2. The summed E-state index contributed by atoms with van der Waals surface area (Å²) in [6.45, 7) is 13.6. The summed E-state index contributed by atoms with van der Waals surface area (Å²) in [5.74, 6) is 1.16. The van der Waals surface area contributed by atoms with Crippen LogP contribution >= 0.6 is 0 Å². The van der Waals surface area contributed by atoms with Gasteiger partial charge in [0, 0.05) is 18.5 Å². The lowest BCUT2D eigenvalue weighted by atomic mass is 9.93. The fourth-order valence-corrected chi connectivity index (χ4v) is 1.94. The van der Waals surface area contributed by atoms with E-state index < -0.39 is 6.09 Å². The van der Waals surface area contributed by atoms with Gasteiger partial charge in [-0.25, -0.2) is 4.79 Å². The number of morpholine rings is 1. The van der Waals surface area contributed by atoms with E-state index in [0.29, 0.717) is 25.7 Å². The molecule has 0 aromatic rings. The zero-order chi connectivity index (χ0) is 15.2. The van der Waals surface area contributed by atoms with E-state index in [1.54, 1.807) is 0 Å². The molecule has 1 heterocycles. The molecule has 5 nitrogen and oxygen atoms in total. The minimum atomic E-state index is -0.485. The minimum Gasteiger partial charge on any atom is -0.448 e. The van der Waals surface area contributed by atoms with Crippen molar-refractivity contribution in [1.82, 2.24) is 4.90 Å². The molecular weight excluding hydrogens is 268 g/mol. The van der Waals surface area contributed by atoms with Crippen LogP contribution in [0.4, 0.5) is 4.79 Å². The average molecular weight is 300 g/mol. The zero-order valence-corrected chi connectivity index (χ0v) is 13.4. The molecule has 1 fully saturated rings. The third kappa shape index (κ3) is 6.93. The van der Waals surface area contributed by atoms with E-state index in [1.807, 2.05) is 0 Å². The van der Waals surface area contributed by atoms with Crippen LogP contribution in [0.15, 0.2) is 4.99 Å². The van der Waals surface area contributed by atoms with E-state index >= 15 is 0 Å². The molecule has 21 heavy (non-hydrogen) atoms. The van der Waals surface area contributed by atoms with E-state index in [9.17, 15) is 4.79 Å². The third-order valence-corrected chi connectivity index (χ3v) is 3.37. The van der Waals surface area contributed by atoms with Gasteiger partial charge in [0.25, 0.3) is 0 Å². The molecule has 124 valence electrons. The Labute approximate surface area is 129 Å². The molecule has 0 bridgehead atoms. The number of hydrogen-bond donors (Lipinski definition) is 0. The molecule has 1 atom stereocenters. The SMILES string of the molecule is C.CCC(C)COC(=O)N=C(N1CCOCC1)C(C)(C)C. The van der Waals surface area contributed by atoms with Gasteiger partial charge in [-0.3, -0.25) is 0 Å². The van der Waals surface area contributed by atoms with Crippen molar-refractivity contribution >= 4 is 11.9 Å². The topological polar surface area (TPSA) is 51.1 Å². The van der Waals surface area contributed by atoms with Crippen LogP contribution in [0.2, 0.25) is 0 Å². The maximum absolute atomic E-state index is 11.9. The summed E-state index contributed by atoms with van der Waals surface area (Å²) in [5.41, 5.74) is -0.188. The number of carbonyl (C=O) groups is 1. The van der Waals surface area contributed by atoms with Gasteiger partial charge < -0.3 is 14.4 Å². The smallest absolute Gasteiger partial charge is 0.435 e. The van der Waals surface area contributed by atoms with Crippen LogP contribution in [0.5, 0.6) is 0 Å². The largest absolute Gasteiger partial charge is 0.448 e. The highest BCUT2D eigenvalue weighted by Crippen LogP contribution is 2.20. The lowest BCUT2D eigenvalue weighted by Gasteiger charge is -2.35. The Balaban J connectivity index is 0.00000400. The van der Waals surface area contributed by atoms with Crippen LogP contribution in [0.3, 0.4) is 0 Å². The Morgan fingerprint density at radius 3 is 2.38 bits per heavy atom. The first kappa shape index (κ1) is 19.9. The summed E-state index contributed by atoms with van der Waals surface area (Å²) >= 11 is 0. The number of amides is 1. The van der Waals surface area contributed by atoms with E-state index in [1.165, 1.54) is 0 Å². The van der Waals surface area contributed by atoms with Crippen LogP contribution < -0.4 is 0 Å². The number of nitrogens with zero attached hydrogens (tertiary/aromatic N) is 2. The van der Waals surface area contributed by atoms with Crippen molar-refractivity contribution in [1.29, 1.82) is 0 Å². The molecule has 1 amide bonds. The van der Waals surface area contributed by atoms with Crippen LogP contribution in [0.1, 0.15) is 48.5 Å². The fourth-order valence-electron chi connectivity index (χ4n) is 1.94. The number of rotatable bonds is 3. The van der Waals surface area contributed by atoms with Crippen molar-refractivity contribution in [3.05, 3.63) is 0 Å². The molecule has 1 rings (SSSR count). The summed E-state index contributed by atoms with van der Waals surface area (Å²) in [6, 6.07) is 0. The normalized spacial score (nSPS) is 18.0. The summed E-state index contributed by atoms with van der Waals surface area (Å²) < 4.78 is 10.6. The Bertz CT molecular complexity index is 342. The molecule has 1 aliphatic rings. The molecule has 0 radical (unpaired) electrons. The average Bonchev–Trinajstić information content (AvgIpc) is 2.41. The van der Waals surface area contributed by atoms with Gasteiger partial charge in [0.1, 0.15) is 5.84 Å². The highest BCUT2D eigenvalue weighted by Gasteiger charge is 2.27. The van der Waals surface area contributed by atoms with Crippen LogP contribution in [0.25, 0.3) is 0 Å². The molecular formula is C16H32N2O3. The maximum atomic E-state index is 11.9. The maximum Gasteiger partial charge on any atom is 0.435 e. The summed E-state index contributed by atoms with van der Waals surface area (Å²) in [5, 5.41) is 0. The van der Waals surface area contributed by atoms with E-state index in [2.05, 4.69) is 44.5 Å². The molecule has 1 unspecified atom stereocenters. The van der Waals surface area contributed by atoms with Gasteiger partial charge in [-0.05, 0) is 5.92 Å². The Hall–Kier alpha value is -1.10. The second-order valence-corrected chi connectivity index (χ2v) is 6.38. The number of carbonyl (C=O) groups excluding carboxylic acids is 1. The van der Waals surface area contributed by atoms with Gasteiger partial charge in [0.15, 0.2) is 0 Å². The van der Waals surface area contributed by atoms with Crippen LogP contribution in [0, 0.1) is 11.3 Å². The van der Waals surface area contributed by atoms with Crippen LogP contribution in [-0.4, -0.2) is 49.7 Å². The van der Waals surface area contributed by atoms with Crippen molar-refractivity contribution < 1.29 is 14.3 Å². The Kier molecular flexibility index (Phi) is 8.55. The predicted octanol–water partition coefficient (Wildman–Crippen LogP) is 3.58. The highest BCUT2D eigenvalue weighted by atomic mass is 16.5. The molecule has 0 aromatic carbocycles. The summed E-state index contributed by atoms with van der Waals surface area (Å²) in [6.07, 6.45) is 0.508. The lowest BCUT2D eigenvalue weighted by Crippen LogP contribution is -2.46. The Morgan fingerprint density at radius 1 is 1.33 bits per heavy atom. The van der Waals surface area contributed by atoms with Crippen molar-refractivity contribution in [3.63, 3.8) is 0 Å². The molecule has 0 aromatic heterocycles. The molecule has 0 aliphatic carbocycles. The zero-order valence-electron chi connectivity index (χ0n) is 13.4.